The van der Waals surface area contributed by atoms with E-state index >= 15 is 0 Å². The highest BCUT2D eigenvalue weighted by Crippen LogP contribution is 2.04. The molecule has 4 nitrogen and oxygen atoms in total. The van der Waals surface area contributed by atoms with Crippen LogP contribution in [0.5, 0.6) is 0 Å². The normalized spacial score (nSPS) is 12.2. The molecule has 1 unspecified atom stereocenters. The molecule has 4 heteroatoms. The minimum absolute atomic E-state index is 0.0845. The zero-order valence-corrected chi connectivity index (χ0v) is 9.31. The first kappa shape index (κ1) is 12.7. The van der Waals surface area contributed by atoms with Crippen LogP contribution in [0.1, 0.15) is 11.1 Å². The quantitative estimate of drug-likeness (QED) is 0.658. The number of hydrogen-bond donors (Lipinski definition) is 3. The number of carbonyl (C=O) groups excluding carboxylic acids is 1. The van der Waals surface area contributed by atoms with Gasteiger partial charge < -0.3 is 15.5 Å². The van der Waals surface area contributed by atoms with Gasteiger partial charge >= 0.3 is 0 Å². The summed E-state index contributed by atoms with van der Waals surface area (Å²) in [4.78, 5) is 11.4. The van der Waals surface area contributed by atoms with Gasteiger partial charge in [-0.1, -0.05) is 29.8 Å². The fourth-order valence-electron chi connectivity index (χ4n) is 1.37. The van der Waals surface area contributed by atoms with Crippen LogP contribution in [0.3, 0.4) is 0 Å². The van der Waals surface area contributed by atoms with E-state index in [1.165, 1.54) is 0 Å². The van der Waals surface area contributed by atoms with Crippen LogP contribution in [0.15, 0.2) is 24.3 Å². The third-order valence-electron chi connectivity index (χ3n) is 2.19. The minimum atomic E-state index is -0.888. The number of aryl methyl sites for hydroxylation is 1. The first-order valence-electron chi connectivity index (χ1n) is 5.23. The van der Waals surface area contributed by atoms with Crippen LogP contribution in [-0.4, -0.2) is 35.4 Å². The molecule has 1 aromatic carbocycles. The lowest BCUT2D eigenvalue weighted by Crippen LogP contribution is -2.34. The molecule has 1 amide bonds. The van der Waals surface area contributed by atoms with Crippen LogP contribution in [-0.2, 0) is 11.2 Å². The first-order chi connectivity index (χ1) is 7.61. The van der Waals surface area contributed by atoms with Crippen molar-refractivity contribution >= 4 is 5.91 Å². The summed E-state index contributed by atoms with van der Waals surface area (Å²) >= 11 is 0. The van der Waals surface area contributed by atoms with Crippen molar-refractivity contribution in [2.24, 2.45) is 0 Å². The van der Waals surface area contributed by atoms with Crippen molar-refractivity contribution in [3.8, 4) is 0 Å². The molecule has 3 N–H and O–H groups in total. The molecule has 0 aliphatic rings. The molecule has 1 aromatic rings. The summed E-state index contributed by atoms with van der Waals surface area (Å²) in [7, 11) is 0. The molecule has 0 aliphatic carbocycles. The van der Waals surface area contributed by atoms with Crippen molar-refractivity contribution in [3.05, 3.63) is 35.4 Å². The van der Waals surface area contributed by atoms with E-state index in [0.29, 0.717) is 6.42 Å². The van der Waals surface area contributed by atoms with Gasteiger partial charge in [0, 0.05) is 6.54 Å². The summed E-state index contributed by atoms with van der Waals surface area (Å²) < 4.78 is 0. The number of nitrogens with one attached hydrogen (secondary N) is 1. The summed E-state index contributed by atoms with van der Waals surface area (Å²) in [6, 6.07) is 7.70. The van der Waals surface area contributed by atoms with Gasteiger partial charge in [-0.3, -0.25) is 4.79 Å². The molecule has 0 aliphatic heterocycles. The Hall–Kier alpha value is -1.39. The maximum absolute atomic E-state index is 11.4. The largest absolute Gasteiger partial charge is 0.394 e. The van der Waals surface area contributed by atoms with E-state index in [0.717, 1.165) is 11.1 Å². The van der Waals surface area contributed by atoms with Gasteiger partial charge in [0.05, 0.1) is 19.1 Å². The van der Waals surface area contributed by atoms with E-state index in [-0.39, 0.29) is 19.1 Å². The average molecular weight is 223 g/mol. The second-order valence-electron chi connectivity index (χ2n) is 3.81. The van der Waals surface area contributed by atoms with Gasteiger partial charge in [0.2, 0.25) is 5.91 Å². The Kier molecular flexibility index (Phi) is 4.95. The molecule has 1 rings (SSSR count). The van der Waals surface area contributed by atoms with Crippen LogP contribution >= 0.6 is 0 Å². The minimum Gasteiger partial charge on any atom is -0.394 e. The zero-order chi connectivity index (χ0) is 12.0. The molecule has 0 saturated carbocycles. The maximum atomic E-state index is 11.4. The topological polar surface area (TPSA) is 69.6 Å². The molecular weight excluding hydrogens is 206 g/mol. The van der Waals surface area contributed by atoms with Crippen LogP contribution in [0.25, 0.3) is 0 Å². The molecule has 0 spiro atoms. The molecule has 0 radical (unpaired) electrons. The van der Waals surface area contributed by atoms with Crippen molar-refractivity contribution in [3.63, 3.8) is 0 Å². The number of rotatable bonds is 5. The van der Waals surface area contributed by atoms with Gasteiger partial charge in [-0.15, -0.1) is 0 Å². The summed E-state index contributed by atoms with van der Waals surface area (Å²) in [5.74, 6) is -0.155. The predicted octanol–water partition coefficient (Wildman–Crippen LogP) is 0.00692. The fraction of sp³-hybridized carbons (Fsp3) is 0.417. The van der Waals surface area contributed by atoms with Crippen molar-refractivity contribution in [2.45, 2.75) is 19.4 Å². The third-order valence-corrected chi connectivity index (χ3v) is 2.19. The van der Waals surface area contributed by atoms with Gasteiger partial charge in [0.25, 0.3) is 0 Å². The van der Waals surface area contributed by atoms with E-state index in [1.807, 2.05) is 31.2 Å². The summed E-state index contributed by atoms with van der Waals surface area (Å²) in [5, 5.41) is 20.2. The molecule has 0 fully saturated rings. The number of benzene rings is 1. The Morgan fingerprint density at radius 1 is 1.50 bits per heavy atom. The van der Waals surface area contributed by atoms with E-state index < -0.39 is 6.10 Å². The van der Waals surface area contributed by atoms with Crippen LogP contribution < -0.4 is 5.32 Å². The van der Waals surface area contributed by atoms with E-state index in [2.05, 4.69) is 5.32 Å². The monoisotopic (exact) mass is 223 g/mol. The van der Waals surface area contributed by atoms with Gasteiger partial charge in [-0.2, -0.15) is 0 Å². The van der Waals surface area contributed by atoms with E-state index in [4.69, 9.17) is 10.2 Å². The van der Waals surface area contributed by atoms with Crippen LogP contribution in [0, 0.1) is 6.92 Å². The fourth-order valence-corrected chi connectivity index (χ4v) is 1.37. The molecule has 0 aromatic heterocycles. The number of hydrogen-bond acceptors (Lipinski definition) is 3. The molecule has 0 heterocycles. The van der Waals surface area contributed by atoms with Gasteiger partial charge in [-0.25, -0.2) is 0 Å². The molecule has 88 valence electrons. The Bertz CT molecular complexity index is 352. The molecule has 1 atom stereocenters. The molecule has 0 bridgehead atoms. The number of carbonyl (C=O) groups is 1. The van der Waals surface area contributed by atoms with Gasteiger partial charge in [0.15, 0.2) is 0 Å². The predicted molar refractivity (Wildman–Crippen MR) is 61.0 cm³/mol. The van der Waals surface area contributed by atoms with Crippen molar-refractivity contribution in [2.75, 3.05) is 13.2 Å². The van der Waals surface area contributed by atoms with E-state index in [9.17, 15) is 4.79 Å². The third kappa shape index (κ3) is 4.42. The zero-order valence-electron chi connectivity index (χ0n) is 9.31. The Labute approximate surface area is 94.9 Å². The maximum Gasteiger partial charge on any atom is 0.224 e. The summed E-state index contributed by atoms with van der Waals surface area (Å²) in [6.45, 7) is 1.71. The van der Waals surface area contributed by atoms with Crippen molar-refractivity contribution in [1.29, 1.82) is 0 Å². The first-order valence-corrected chi connectivity index (χ1v) is 5.23. The standard InChI is InChI=1S/C12H17NO3/c1-9-3-2-4-10(5-9)6-12(16)13-7-11(15)8-14/h2-5,11,14-15H,6-8H2,1H3,(H,13,16). The number of aliphatic hydroxyl groups is 2. The van der Waals surface area contributed by atoms with Crippen LogP contribution in [0.2, 0.25) is 0 Å². The van der Waals surface area contributed by atoms with Crippen molar-refractivity contribution in [1.82, 2.24) is 5.32 Å². The highest BCUT2D eigenvalue weighted by Gasteiger charge is 2.06. The van der Waals surface area contributed by atoms with Gasteiger partial charge in [0.1, 0.15) is 0 Å². The van der Waals surface area contributed by atoms with Crippen LogP contribution in [0.4, 0.5) is 0 Å². The Balaban J connectivity index is 2.40. The molecular formula is C12H17NO3. The second kappa shape index (κ2) is 6.25. The summed E-state index contributed by atoms with van der Waals surface area (Å²) in [5.41, 5.74) is 2.05. The lowest BCUT2D eigenvalue weighted by atomic mass is 10.1. The smallest absolute Gasteiger partial charge is 0.224 e. The molecule has 16 heavy (non-hydrogen) atoms. The number of amides is 1. The van der Waals surface area contributed by atoms with Gasteiger partial charge in [-0.05, 0) is 12.5 Å². The SMILES string of the molecule is Cc1cccc(CC(=O)NCC(O)CO)c1. The van der Waals surface area contributed by atoms with Crippen molar-refractivity contribution < 1.29 is 15.0 Å². The average Bonchev–Trinajstić information content (AvgIpc) is 2.26. The molecule has 0 saturated heterocycles. The lowest BCUT2D eigenvalue weighted by Gasteiger charge is -2.09. The van der Waals surface area contributed by atoms with E-state index in [1.54, 1.807) is 0 Å². The lowest BCUT2D eigenvalue weighted by molar-refractivity contribution is -0.121. The second-order valence-corrected chi connectivity index (χ2v) is 3.81. The Morgan fingerprint density at radius 2 is 2.25 bits per heavy atom. The Morgan fingerprint density at radius 3 is 2.88 bits per heavy atom. The summed E-state index contributed by atoms with van der Waals surface area (Å²) in [6.07, 6.45) is -0.596. The highest BCUT2D eigenvalue weighted by atomic mass is 16.3. The highest BCUT2D eigenvalue weighted by molar-refractivity contribution is 5.78. The number of aliphatic hydroxyl groups excluding tert-OH is 2.